The number of benzene rings is 2. The highest BCUT2D eigenvalue weighted by Gasteiger charge is 2.28. The van der Waals surface area contributed by atoms with Crippen LogP contribution in [-0.4, -0.2) is 45.2 Å². The van der Waals surface area contributed by atoms with Gasteiger partial charge in [0.25, 0.3) is 0 Å². The Morgan fingerprint density at radius 2 is 1.54 bits per heavy atom. The van der Waals surface area contributed by atoms with Gasteiger partial charge in [-0.2, -0.15) is 4.31 Å². The van der Waals surface area contributed by atoms with Crippen molar-refractivity contribution in [1.82, 2.24) is 4.31 Å². The van der Waals surface area contributed by atoms with Crippen molar-refractivity contribution in [3.05, 3.63) is 54.1 Å². The summed E-state index contributed by atoms with van der Waals surface area (Å²) >= 11 is 1.72. The summed E-state index contributed by atoms with van der Waals surface area (Å²) in [5.74, 6) is 0. The fourth-order valence-electron chi connectivity index (χ4n) is 2.92. The molecule has 24 heavy (non-hydrogen) atoms. The average Bonchev–Trinajstić information content (AvgIpc) is 2.62. The maximum absolute atomic E-state index is 12.8. The van der Waals surface area contributed by atoms with E-state index in [9.17, 15) is 8.42 Å². The number of thioether (sulfide) groups is 1. The van der Waals surface area contributed by atoms with Crippen LogP contribution in [0.5, 0.6) is 0 Å². The van der Waals surface area contributed by atoms with Crippen molar-refractivity contribution in [3.63, 3.8) is 0 Å². The Morgan fingerprint density at radius 1 is 0.917 bits per heavy atom. The highest BCUT2D eigenvalue weighted by Crippen LogP contribution is 2.29. The number of aryl methyl sites for hydroxylation is 1. The average molecular weight is 363 g/mol. The molecule has 2 aromatic rings. The molecule has 0 unspecified atom stereocenters. The van der Waals surface area contributed by atoms with Gasteiger partial charge in [-0.25, -0.2) is 8.42 Å². The standard InChI is InChI=1S/C18H22N2O2S2/c1-15-7-9-16(10-8-15)24(21,22)20-13-11-19(12-14-20)17-5-3-4-6-18(17)23-2/h3-10H,11-14H2,1-2H3. The summed E-state index contributed by atoms with van der Waals surface area (Å²) in [6.07, 6.45) is 2.07. The molecule has 6 heteroatoms. The Bertz CT molecular complexity index is 796. The van der Waals surface area contributed by atoms with E-state index in [1.807, 2.05) is 31.2 Å². The van der Waals surface area contributed by atoms with E-state index in [0.717, 1.165) is 5.56 Å². The number of piperazine rings is 1. The summed E-state index contributed by atoms with van der Waals surface area (Å²) in [6, 6.07) is 15.4. The molecule has 1 fully saturated rings. The SMILES string of the molecule is CSc1ccccc1N1CCN(S(=O)(=O)c2ccc(C)cc2)CC1. The van der Waals surface area contributed by atoms with Gasteiger partial charge in [-0.1, -0.05) is 29.8 Å². The second kappa shape index (κ2) is 7.17. The van der Waals surface area contributed by atoms with E-state index >= 15 is 0 Å². The molecule has 0 radical (unpaired) electrons. The van der Waals surface area contributed by atoms with Crippen LogP contribution in [0, 0.1) is 6.92 Å². The zero-order chi connectivity index (χ0) is 17.2. The van der Waals surface area contributed by atoms with Gasteiger partial charge < -0.3 is 4.90 Å². The van der Waals surface area contributed by atoms with Crippen LogP contribution in [-0.2, 0) is 10.0 Å². The third-order valence-corrected chi connectivity index (χ3v) is 7.02. The van der Waals surface area contributed by atoms with Gasteiger partial charge in [-0.15, -0.1) is 11.8 Å². The minimum absolute atomic E-state index is 0.381. The van der Waals surface area contributed by atoms with Crippen LogP contribution in [0.1, 0.15) is 5.56 Å². The predicted molar refractivity (Wildman–Crippen MR) is 100 cm³/mol. The lowest BCUT2D eigenvalue weighted by atomic mass is 10.2. The van der Waals surface area contributed by atoms with Gasteiger partial charge in [0.05, 0.1) is 10.6 Å². The van der Waals surface area contributed by atoms with Gasteiger partial charge >= 0.3 is 0 Å². The van der Waals surface area contributed by atoms with Crippen molar-refractivity contribution in [3.8, 4) is 0 Å². The minimum Gasteiger partial charge on any atom is -0.368 e. The first-order chi connectivity index (χ1) is 11.5. The largest absolute Gasteiger partial charge is 0.368 e. The van der Waals surface area contributed by atoms with Crippen molar-refractivity contribution in [2.24, 2.45) is 0 Å². The maximum Gasteiger partial charge on any atom is 0.243 e. The summed E-state index contributed by atoms with van der Waals surface area (Å²) in [4.78, 5) is 3.88. The number of nitrogens with zero attached hydrogens (tertiary/aromatic N) is 2. The molecule has 0 N–H and O–H groups in total. The van der Waals surface area contributed by atoms with E-state index in [4.69, 9.17) is 0 Å². The molecule has 1 saturated heterocycles. The molecule has 2 aromatic carbocycles. The second-order valence-electron chi connectivity index (χ2n) is 5.88. The molecule has 0 spiro atoms. The van der Waals surface area contributed by atoms with E-state index in [-0.39, 0.29) is 0 Å². The molecule has 0 bridgehead atoms. The van der Waals surface area contributed by atoms with E-state index in [2.05, 4.69) is 23.3 Å². The van der Waals surface area contributed by atoms with Crippen LogP contribution in [0.2, 0.25) is 0 Å². The van der Waals surface area contributed by atoms with Crippen LogP contribution in [0.4, 0.5) is 5.69 Å². The molecule has 128 valence electrons. The van der Waals surface area contributed by atoms with Gasteiger partial charge in [0.2, 0.25) is 10.0 Å². The third kappa shape index (κ3) is 3.45. The van der Waals surface area contributed by atoms with E-state index in [0.29, 0.717) is 31.1 Å². The van der Waals surface area contributed by atoms with Gasteiger partial charge in [0.1, 0.15) is 0 Å². The summed E-state index contributed by atoms with van der Waals surface area (Å²) < 4.78 is 27.1. The third-order valence-electron chi connectivity index (χ3n) is 4.32. The fraction of sp³-hybridized carbons (Fsp3) is 0.333. The van der Waals surface area contributed by atoms with Crippen LogP contribution < -0.4 is 4.90 Å². The first-order valence-corrected chi connectivity index (χ1v) is 10.6. The lowest BCUT2D eigenvalue weighted by Gasteiger charge is -2.36. The van der Waals surface area contributed by atoms with E-state index < -0.39 is 10.0 Å². The van der Waals surface area contributed by atoms with Crippen molar-refractivity contribution in [1.29, 1.82) is 0 Å². The topological polar surface area (TPSA) is 40.6 Å². The molecule has 0 aromatic heterocycles. The van der Waals surface area contributed by atoms with Crippen molar-refractivity contribution in [2.45, 2.75) is 16.7 Å². The normalized spacial score (nSPS) is 16.3. The van der Waals surface area contributed by atoms with Gasteiger partial charge in [-0.3, -0.25) is 0 Å². The predicted octanol–water partition coefficient (Wildman–Crippen LogP) is 3.23. The van der Waals surface area contributed by atoms with Crippen LogP contribution in [0.15, 0.2) is 58.3 Å². The maximum atomic E-state index is 12.8. The molecule has 0 aliphatic carbocycles. The molecule has 0 amide bonds. The monoisotopic (exact) mass is 362 g/mol. The Kier molecular flexibility index (Phi) is 5.18. The fourth-order valence-corrected chi connectivity index (χ4v) is 4.96. The van der Waals surface area contributed by atoms with Crippen LogP contribution in [0.25, 0.3) is 0 Å². The summed E-state index contributed by atoms with van der Waals surface area (Å²) in [7, 11) is -3.40. The van der Waals surface area contributed by atoms with E-state index in [1.54, 1.807) is 28.2 Å². The zero-order valence-corrected chi connectivity index (χ0v) is 15.6. The second-order valence-corrected chi connectivity index (χ2v) is 8.66. The lowest BCUT2D eigenvalue weighted by Crippen LogP contribution is -2.48. The molecule has 0 atom stereocenters. The van der Waals surface area contributed by atoms with Crippen LogP contribution in [0.3, 0.4) is 0 Å². The summed E-state index contributed by atoms with van der Waals surface area (Å²) in [5.41, 5.74) is 2.25. The zero-order valence-electron chi connectivity index (χ0n) is 14.0. The molecular formula is C18H22N2O2S2. The van der Waals surface area contributed by atoms with Crippen molar-refractivity contribution >= 4 is 27.5 Å². The lowest BCUT2D eigenvalue weighted by molar-refractivity contribution is 0.384. The smallest absolute Gasteiger partial charge is 0.243 e. The molecule has 3 rings (SSSR count). The first kappa shape index (κ1) is 17.3. The van der Waals surface area contributed by atoms with Gasteiger partial charge in [0, 0.05) is 31.1 Å². The Balaban J connectivity index is 1.74. The number of hydrogen-bond donors (Lipinski definition) is 0. The number of hydrogen-bond acceptors (Lipinski definition) is 4. The number of rotatable bonds is 4. The Morgan fingerprint density at radius 3 is 2.17 bits per heavy atom. The Labute approximate surface area is 148 Å². The van der Waals surface area contributed by atoms with Crippen molar-refractivity contribution < 1.29 is 8.42 Å². The van der Waals surface area contributed by atoms with Gasteiger partial charge in [0.15, 0.2) is 0 Å². The molecule has 0 saturated carbocycles. The highest BCUT2D eigenvalue weighted by atomic mass is 32.2. The molecule has 4 nitrogen and oxygen atoms in total. The molecule has 1 heterocycles. The van der Waals surface area contributed by atoms with Crippen molar-refractivity contribution in [2.75, 3.05) is 37.3 Å². The Hall–Kier alpha value is -1.50. The van der Waals surface area contributed by atoms with E-state index in [1.165, 1.54) is 10.6 Å². The number of para-hydroxylation sites is 1. The number of sulfonamides is 1. The number of anilines is 1. The highest BCUT2D eigenvalue weighted by molar-refractivity contribution is 7.98. The molecule has 1 aliphatic rings. The molecular weight excluding hydrogens is 340 g/mol. The first-order valence-electron chi connectivity index (χ1n) is 7.97. The quantitative estimate of drug-likeness (QED) is 0.783. The summed E-state index contributed by atoms with van der Waals surface area (Å²) in [6.45, 7) is 4.40. The minimum atomic E-state index is -3.40. The molecule has 1 aliphatic heterocycles. The van der Waals surface area contributed by atoms with Gasteiger partial charge in [-0.05, 0) is 37.4 Å². The summed E-state index contributed by atoms with van der Waals surface area (Å²) in [5, 5.41) is 0. The van der Waals surface area contributed by atoms with Crippen LogP contribution >= 0.6 is 11.8 Å².